The van der Waals surface area contributed by atoms with Crippen LogP contribution >= 0.6 is 0 Å². The number of carbonyl (C=O) groups excluding carboxylic acids is 1. The maximum absolute atomic E-state index is 12.4. The molecular formula is C14H18N2O4S. The zero-order valence-electron chi connectivity index (χ0n) is 12.2. The first kappa shape index (κ1) is 17.1. The van der Waals surface area contributed by atoms with Crippen LogP contribution < -0.4 is 0 Å². The summed E-state index contributed by atoms with van der Waals surface area (Å²) in [7, 11) is -3.63. The Hall–Kier alpha value is -1.91. The first-order valence-electron chi connectivity index (χ1n) is 6.57. The molecule has 0 aliphatic carbocycles. The second-order valence-electron chi connectivity index (χ2n) is 4.29. The van der Waals surface area contributed by atoms with Crippen molar-refractivity contribution in [3.63, 3.8) is 0 Å². The molecule has 1 aromatic carbocycles. The van der Waals surface area contributed by atoms with Crippen LogP contribution in [0, 0.1) is 11.3 Å². The van der Waals surface area contributed by atoms with Gasteiger partial charge in [-0.2, -0.15) is 9.57 Å². The summed E-state index contributed by atoms with van der Waals surface area (Å²) >= 11 is 0. The first-order chi connectivity index (χ1) is 9.86. The molecule has 0 N–H and O–H groups in total. The van der Waals surface area contributed by atoms with Crippen LogP contribution in [0.5, 0.6) is 0 Å². The number of rotatable bonds is 6. The van der Waals surface area contributed by atoms with E-state index < -0.39 is 22.1 Å². The van der Waals surface area contributed by atoms with E-state index >= 15 is 0 Å². The van der Waals surface area contributed by atoms with Crippen LogP contribution in [0.2, 0.25) is 0 Å². The predicted molar refractivity (Wildman–Crippen MR) is 77.0 cm³/mol. The average molecular weight is 310 g/mol. The van der Waals surface area contributed by atoms with Gasteiger partial charge in [0.15, 0.2) is 6.10 Å². The largest absolute Gasteiger partial charge is 0.444 e. The molecule has 1 atom stereocenters. The van der Waals surface area contributed by atoms with E-state index in [9.17, 15) is 13.2 Å². The van der Waals surface area contributed by atoms with Crippen molar-refractivity contribution in [1.29, 1.82) is 5.26 Å². The second kappa shape index (κ2) is 7.20. The van der Waals surface area contributed by atoms with Gasteiger partial charge in [0.05, 0.1) is 10.5 Å². The molecule has 114 valence electrons. The van der Waals surface area contributed by atoms with Gasteiger partial charge in [-0.1, -0.05) is 19.9 Å². The van der Waals surface area contributed by atoms with Crippen molar-refractivity contribution >= 4 is 16.0 Å². The van der Waals surface area contributed by atoms with E-state index in [0.717, 1.165) is 0 Å². The minimum atomic E-state index is -3.63. The van der Waals surface area contributed by atoms with Gasteiger partial charge in [0.1, 0.15) is 6.07 Å². The lowest BCUT2D eigenvalue weighted by atomic mass is 10.2. The van der Waals surface area contributed by atoms with Crippen molar-refractivity contribution in [2.75, 3.05) is 13.1 Å². The molecule has 0 unspecified atom stereocenters. The van der Waals surface area contributed by atoms with Crippen LogP contribution in [0.4, 0.5) is 0 Å². The minimum Gasteiger partial charge on any atom is -0.444 e. The molecule has 0 aliphatic rings. The van der Waals surface area contributed by atoms with Crippen LogP contribution in [0.25, 0.3) is 0 Å². The van der Waals surface area contributed by atoms with Gasteiger partial charge in [-0.25, -0.2) is 13.2 Å². The summed E-state index contributed by atoms with van der Waals surface area (Å²) in [5.41, 5.74) is 0.102. The van der Waals surface area contributed by atoms with E-state index in [0.29, 0.717) is 13.1 Å². The van der Waals surface area contributed by atoms with Crippen LogP contribution in [-0.4, -0.2) is 37.9 Å². The smallest absolute Gasteiger partial charge is 0.339 e. The molecule has 7 heteroatoms. The molecule has 0 aromatic heterocycles. The number of carbonyl (C=O) groups is 1. The van der Waals surface area contributed by atoms with Gasteiger partial charge in [-0.3, -0.25) is 0 Å². The third-order valence-electron chi connectivity index (χ3n) is 2.88. The fraction of sp³-hybridized carbons (Fsp3) is 0.429. The Bertz CT molecular complexity index is 645. The third-order valence-corrected chi connectivity index (χ3v) is 4.92. The van der Waals surface area contributed by atoms with Crippen molar-refractivity contribution in [2.45, 2.75) is 31.8 Å². The molecule has 0 spiro atoms. The normalized spacial score (nSPS) is 12.7. The molecule has 0 fully saturated rings. The number of ether oxygens (including phenoxy) is 1. The highest BCUT2D eigenvalue weighted by Gasteiger charge is 2.23. The highest BCUT2D eigenvalue weighted by atomic mass is 32.2. The number of esters is 1. The van der Waals surface area contributed by atoms with Gasteiger partial charge in [-0.05, 0) is 25.1 Å². The number of hydrogen-bond donors (Lipinski definition) is 0. The molecule has 1 aromatic rings. The zero-order valence-corrected chi connectivity index (χ0v) is 13.1. The quantitative estimate of drug-likeness (QED) is 0.747. The van der Waals surface area contributed by atoms with Gasteiger partial charge < -0.3 is 4.74 Å². The average Bonchev–Trinajstić information content (AvgIpc) is 2.48. The van der Waals surface area contributed by atoms with E-state index in [1.807, 2.05) is 0 Å². The summed E-state index contributed by atoms with van der Waals surface area (Å²) in [5.74, 6) is -0.722. The predicted octanol–water partition coefficient (Wildman–Crippen LogP) is 1.79. The maximum atomic E-state index is 12.4. The molecule has 0 saturated heterocycles. The lowest BCUT2D eigenvalue weighted by Crippen LogP contribution is -2.30. The number of hydrogen-bond acceptors (Lipinski definition) is 5. The summed E-state index contributed by atoms with van der Waals surface area (Å²) in [4.78, 5) is 11.9. The van der Waals surface area contributed by atoms with Crippen molar-refractivity contribution in [2.24, 2.45) is 0 Å². The van der Waals surface area contributed by atoms with Gasteiger partial charge in [0, 0.05) is 13.1 Å². The molecule has 0 heterocycles. The summed E-state index contributed by atoms with van der Waals surface area (Å²) < 4.78 is 30.9. The van der Waals surface area contributed by atoms with Crippen molar-refractivity contribution < 1.29 is 17.9 Å². The van der Waals surface area contributed by atoms with E-state index in [-0.39, 0.29) is 10.5 Å². The van der Waals surface area contributed by atoms with Gasteiger partial charge >= 0.3 is 5.97 Å². The van der Waals surface area contributed by atoms with E-state index in [1.165, 1.54) is 35.5 Å². The van der Waals surface area contributed by atoms with Crippen molar-refractivity contribution in [3.8, 4) is 6.07 Å². The highest BCUT2D eigenvalue weighted by molar-refractivity contribution is 7.89. The molecule has 0 aliphatic heterocycles. The Morgan fingerprint density at radius 3 is 2.52 bits per heavy atom. The fourth-order valence-electron chi connectivity index (χ4n) is 1.75. The Kier molecular flexibility index (Phi) is 5.88. The van der Waals surface area contributed by atoms with Crippen LogP contribution in [0.3, 0.4) is 0 Å². The summed E-state index contributed by atoms with van der Waals surface area (Å²) in [6, 6.07) is 7.40. The molecule has 0 saturated carbocycles. The monoisotopic (exact) mass is 310 g/mol. The molecule has 0 bridgehead atoms. The Balaban J connectivity index is 3.12. The van der Waals surface area contributed by atoms with Crippen LogP contribution in [0.15, 0.2) is 29.2 Å². The van der Waals surface area contributed by atoms with Crippen LogP contribution in [0.1, 0.15) is 31.1 Å². The van der Waals surface area contributed by atoms with Gasteiger partial charge in [0.2, 0.25) is 10.0 Å². The standard InChI is InChI=1S/C14H18N2O4S/c1-4-16(5-2)21(18,19)13-8-6-7-12(9-13)14(17)20-11(3)10-15/h6-9,11H,4-5H2,1-3H3/t11-/m1/s1. The minimum absolute atomic E-state index is 0.0326. The summed E-state index contributed by atoms with van der Waals surface area (Å²) in [5, 5.41) is 8.62. The maximum Gasteiger partial charge on any atom is 0.339 e. The highest BCUT2D eigenvalue weighted by Crippen LogP contribution is 2.17. The summed E-state index contributed by atoms with van der Waals surface area (Å²) in [6.45, 7) is 5.62. The zero-order chi connectivity index (χ0) is 16.0. The number of benzene rings is 1. The summed E-state index contributed by atoms with van der Waals surface area (Å²) in [6.07, 6.45) is -0.888. The Morgan fingerprint density at radius 1 is 1.38 bits per heavy atom. The SMILES string of the molecule is CCN(CC)S(=O)(=O)c1cccc(C(=O)O[C@H](C)C#N)c1. The van der Waals surface area contributed by atoms with Gasteiger partial charge in [-0.15, -0.1) is 0 Å². The molecule has 0 amide bonds. The lowest BCUT2D eigenvalue weighted by molar-refractivity contribution is 0.0435. The number of sulfonamides is 1. The second-order valence-corrected chi connectivity index (χ2v) is 6.23. The first-order valence-corrected chi connectivity index (χ1v) is 8.01. The number of nitriles is 1. The van der Waals surface area contributed by atoms with Crippen molar-refractivity contribution in [1.82, 2.24) is 4.31 Å². The Labute approximate surface area is 125 Å². The molecule has 0 radical (unpaired) electrons. The molecule has 6 nitrogen and oxygen atoms in total. The third kappa shape index (κ3) is 4.03. The molecule has 21 heavy (non-hydrogen) atoms. The van der Waals surface area contributed by atoms with E-state index in [4.69, 9.17) is 10.00 Å². The fourth-order valence-corrected chi connectivity index (χ4v) is 3.26. The number of nitrogens with zero attached hydrogens (tertiary/aromatic N) is 2. The van der Waals surface area contributed by atoms with Gasteiger partial charge in [0.25, 0.3) is 0 Å². The van der Waals surface area contributed by atoms with Crippen molar-refractivity contribution in [3.05, 3.63) is 29.8 Å². The van der Waals surface area contributed by atoms with E-state index in [2.05, 4.69) is 0 Å². The molecule has 1 rings (SSSR count). The van der Waals surface area contributed by atoms with E-state index in [1.54, 1.807) is 19.9 Å². The lowest BCUT2D eigenvalue weighted by Gasteiger charge is -2.18. The topological polar surface area (TPSA) is 87.5 Å². The van der Waals surface area contributed by atoms with Crippen LogP contribution in [-0.2, 0) is 14.8 Å². The Morgan fingerprint density at radius 2 is 2.00 bits per heavy atom. The molecular weight excluding hydrogens is 292 g/mol.